The van der Waals surface area contributed by atoms with Crippen molar-refractivity contribution >= 4 is 5.91 Å². The molecule has 4 heteroatoms. The van der Waals surface area contributed by atoms with Crippen molar-refractivity contribution in [1.29, 1.82) is 0 Å². The second kappa shape index (κ2) is 6.71. The van der Waals surface area contributed by atoms with Crippen molar-refractivity contribution in [3.05, 3.63) is 0 Å². The van der Waals surface area contributed by atoms with Crippen molar-refractivity contribution in [2.24, 2.45) is 11.7 Å². The zero-order valence-electron chi connectivity index (χ0n) is 13.2. The summed E-state index contributed by atoms with van der Waals surface area (Å²) in [6, 6.07) is -0.0649. The molecule has 1 rings (SSSR count). The molecule has 1 aliphatic rings. The summed E-state index contributed by atoms with van der Waals surface area (Å²) >= 11 is 0. The van der Waals surface area contributed by atoms with Gasteiger partial charge in [0.2, 0.25) is 5.91 Å². The van der Waals surface area contributed by atoms with E-state index in [1.165, 1.54) is 0 Å². The molecule has 0 radical (unpaired) electrons. The highest BCUT2D eigenvalue weighted by Crippen LogP contribution is 2.20. The fraction of sp³-hybridized carbons (Fsp3) is 0.933. The molecule has 0 unspecified atom stereocenters. The van der Waals surface area contributed by atoms with Gasteiger partial charge in [-0.25, -0.2) is 0 Å². The quantitative estimate of drug-likeness (QED) is 0.817. The third kappa shape index (κ3) is 5.49. The van der Waals surface area contributed by atoms with E-state index >= 15 is 0 Å². The molecule has 0 spiro atoms. The van der Waals surface area contributed by atoms with Crippen LogP contribution >= 0.6 is 0 Å². The summed E-state index contributed by atoms with van der Waals surface area (Å²) in [4.78, 5) is 14.5. The van der Waals surface area contributed by atoms with Crippen LogP contribution in [-0.4, -0.2) is 41.5 Å². The Morgan fingerprint density at radius 2 is 1.84 bits per heavy atom. The van der Waals surface area contributed by atoms with Gasteiger partial charge in [-0.2, -0.15) is 0 Å². The summed E-state index contributed by atoms with van der Waals surface area (Å²) in [5.74, 6) is 0.478. The SMILES string of the molecule is CC(C)C[C@H](N)C(=O)NC1CCN(C(C)(C)C)CC1. The van der Waals surface area contributed by atoms with Gasteiger partial charge in [0.25, 0.3) is 0 Å². The summed E-state index contributed by atoms with van der Waals surface area (Å²) in [6.45, 7) is 13.0. The molecular weight excluding hydrogens is 238 g/mol. The van der Waals surface area contributed by atoms with Gasteiger partial charge in [-0.05, 0) is 46.0 Å². The minimum Gasteiger partial charge on any atom is -0.352 e. The number of nitrogens with one attached hydrogen (secondary N) is 1. The molecule has 1 saturated heterocycles. The summed E-state index contributed by atoms with van der Waals surface area (Å²) in [6.07, 6.45) is 2.81. The first-order valence-electron chi connectivity index (χ1n) is 7.51. The van der Waals surface area contributed by atoms with Gasteiger partial charge in [0.05, 0.1) is 6.04 Å². The van der Waals surface area contributed by atoms with Crippen LogP contribution in [0.3, 0.4) is 0 Å². The lowest BCUT2D eigenvalue weighted by molar-refractivity contribution is -0.123. The highest BCUT2D eigenvalue weighted by Gasteiger charge is 2.28. The second-order valence-corrected chi connectivity index (χ2v) is 7.18. The molecule has 1 aliphatic heterocycles. The molecular formula is C15H31N3O. The van der Waals surface area contributed by atoms with E-state index in [1.54, 1.807) is 0 Å². The van der Waals surface area contributed by atoms with Crippen molar-refractivity contribution in [2.45, 2.75) is 71.5 Å². The van der Waals surface area contributed by atoms with E-state index in [2.05, 4.69) is 44.8 Å². The van der Waals surface area contributed by atoms with Gasteiger partial charge >= 0.3 is 0 Å². The average Bonchev–Trinajstić information content (AvgIpc) is 2.27. The van der Waals surface area contributed by atoms with Crippen LogP contribution in [0.5, 0.6) is 0 Å². The first-order chi connectivity index (χ1) is 8.70. The zero-order valence-corrected chi connectivity index (χ0v) is 13.2. The maximum atomic E-state index is 12.0. The molecule has 112 valence electrons. The van der Waals surface area contributed by atoms with E-state index in [0.29, 0.717) is 12.0 Å². The maximum absolute atomic E-state index is 12.0. The van der Waals surface area contributed by atoms with Gasteiger partial charge in [-0.15, -0.1) is 0 Å². The van der Waals surface area contributed by atoms with Crippen molar-refractivity contribution in [1.82, 2.24) is 10.2 Å². The molecule has 1 heterocycles. The topological polar surface area (TPSA) is 58.4 Å². The first-order valence-corrected chi connectivity index (χ1v) is 7.51. The van der Waals surface area contributed by atoms with Crippen molar-refractivity contribution in [3.63, 3.8) is 0 Å². The minimum absolute atomic E-state index is 0.0166. The lowest BCUT2D eigenvalue weighted by atomic mass is 9.97. The number of rotatable bonds is 4. The van der Waals surface area contributed by atoms with Gasteiger partial charge in [0.15, 0.2) is 0 Å². The third-order valence-corrected chi connectivity index (χ3v) is 3.85. The summed E-state index contributed by atoms with van der Waals surface area (Å²) < 4.78 is 0. The lowest BCUT2D eigenvalue weighted by Gasteiger charge is -2.41. The molecule has 19 heavy (non-hydrogen) atoms. The predicted molar refractivity (Wildman–Crippen MR) is 79.9 cm³/mol. The lowest BCUT2D eigenvalue weighted by Crippen LogP contribution is -2.53. The van der Waals surface area contributed by atoms with Crippen LogP contribution in [-0.2, 0) is 4.79 Å². The largest absolute Gasteiger partial charge is 0.352 e. The number of hydrogen-bond donors (Lipinski definition) is 2. The van der Waals surface area contributed by atoms with E-state index in [0.717, 1.165) is 32.4 Å². The number of carbonyl (C=O) groups is 1. The van der Waals surface area contributed by atoms with Crippen LogP contribution in [0.4, 0.5) is 0 Å². The minimum atomic E-state index is -0.361. The highest BCUT2D eigenvalue weighted by atomic mass is 16.2. The summed E-state index contributed by atoms with van der Waals surface area (Å²) in [7, 11) is 0. The van der Waals surface area contributed by atoms with Gasteiger partial charge in [-0.1, -0.05) is 13.8 Å². The molecule has 0 saturated carbocycles. The Labute approximate surface area is 118 Å². The first kappa shape index (κ1) is 16.4. The van der Waals surface area contributed by atoms with Crippen LogP contribution < -0.4 is 11.1 Å². The Kier molecular flexibility index (Phi) is 5.81. The Bertz CT molecular complexity index is 288. The van der Waals surface area contributed by atoms with Gasteiger partial charge in [0.1, 0.15) is 0 Å². The number of likely N-dealkylation sites (tertiary alicyclic amines) is 1. The van der Waals surface area contributed by atoms with Gasteiger partial charge < -0.3 is 11.1 Å². The monoisotopic (exact) mass is 269 g/mol. The fourth-order valence-corrected chi connectivity index (χ4v) is 2.62. The zero-order chi connectivity index (χ0) is 14.6. The predicted octanol–water partition coefficient (Wildman–Crippen LogP) is 1.74. The molecule has 0 aromatic rings. The average molecular weight is 269 g/mol. The smallest absolute Gasteiger partial charge is 0.237 e. The number of nitrogens with zero attached hydrogens (tertiary/aromatic N) is 1. The Hall–Kier alpha value is -0.610. The summed E-state index contributed by atoms with van der Waals surface area (Å²) in [5.41, 5.74) is 6.13. The molecule has 4 nitrogen and oxygen atoms in total. The third-order valence-electron chi connectivity index (χ3n) is 3.85. The number of nitrogens with two attached hydrogens (primary N) is 1. The molecule has 0 aromatic heterocycles. The molecule has 0 aromatic carbocycles. The van der Waals surface area contributed by atoms with Crippen molar-refractivity contribution in [3.8, 4) is 0 Å². The Balaban J connectivity index is 2.35. The normalized spacial score (nSPS) is 20.6. The van der Waals surface area contributed by atoms with Crippen molar-refractivity contribution < 1.29 is 4.79 Å². The number of piperidine rings is 1. The van der Waals surface area contributed by atoms with Crippen LogP contribution in [0.2, 0.25) is 0 Å². The van der Waals surface area contributed by atoms with E-state index < -0.39 is 0 Å². The molecule has 1 atom stereocenters. The van der Waals surface area contributed by atoms with E-state index in [4.69, 9.17) is 5.73 Å². The van der Waals surface area contributed by atoms with E-state index in [1.807, 2.05) is 0 Å². The molecule has 0 aliphatic carbocycles. The van der Waals surface area contributed by atoms with Crippen LogP contribution in [0, 0.1) is 5.92 Å². The van der Waals surface area contributed by atoms with Gasteiger partial charge in [0, 0.05) is 24.7 Å². The van der Waals surface area contributed by atoms with Crippen LogP contribution in [0.15, 0.2) is 0 Å². The second-order valence-electron chi connectivity index (χ2n) is 7.18. The highest BCUT2D eigenvalue weighted by molar-refractivity contribution is 5.81. The number of hydrogen-bond acceptors (Lipinski definition) is 3. The van der Waals surface area contributed by atoms with Gasteiger partial charge in [-0.3, -0.25) is 9.69 Å². The molecule has 1 fully saturated rings. The maximum Gasteiger partial charge on any atom is 0.237 e. The van der Waals surface area contributed by atoms with Crippen molar-refractivity contribution in [2.75, 3.05) is 13.1 Å². The molecule has 1 amide bonds. The van der Waals surface area contributed by atoms with Crippen LogP contribution in [0.1, 0.15) is 53.9 Å². The van der Waals surface area contributed by atoms with E-state index in [9.17, 15) is 4.79 Å². The number of carbonyl (C=O) groups excluding carboxylic acids is 1. The molecule has 3 N–H and O–H groups in total. The number of amides is 1. The summed E-state index contributed by atoms with van der Waals surface area (Å²) in [5, 5.41) is 3.11. The van der Waals surface area contributed by atoms with Crippen LogP contribution in [0.25, 0.3) is 0 Å². The Morgan fingerprint density at radius 1 is 1.32 bits per heavy atom. The Morgan fingerprint density at radius 3 is 2.26 bits per heavy atom. The van der Waals surface area contributed by atoms with E-state index in [-0.39, 0.29) is 17.5 Å². The fourth-order valence-electron chi connectivity index (χ4n) is 2.62. The molecule has 0 bridgehead atoms. The standard InChI is InChI=1S/C15H31N3O/c1-11(2)10-13(16)14(19)17-12-6-8-18(9-7-12)15(3,4)5/h11-13H,6-10,16H2,1-5H3,(H,17,19)/t13-/m0/s1.